The summed E-state index contributed by atoms with van der Waals surface area (Å²) in [5, 5.41) is 3.45. The first-order valence-electron chi connectivity index (χ1n) is 9.73. The second-order valence-corrected chi connectivity index (χ2v) is 8.14. The van der Waals surface area contributed by atoms with Crippen molar-refractivity contribution in [3.05, 3.63) is 51.9 Å². The van der Waals surface area contributed by atoms with Gasteiger partial charge in [0.25, 0.3) is 5.56 Å². The Hall–Kier alpha value is -3.00. The van der Waals surface area contributed by atoms with Gasteiger partial charge in [0.05, 0.1) is 11.7 Å². The zero-order chi connectivity index (χ0) is 20.4. The van der Waals surface area contributed by atoms with Crippen LogP contribution < -0.4 is 15.8 Å². The Morgan fingerprint density at radius 1 is 1.24 bits per heavy atom. The molecular weight excluding hydrogens is 388 g/mol. The fourth-order valence-corrected chi connectivity index (χ4v) is 4.36. The molecule has 4 rings (SSSR count). The molecule has 1 aliphatic rings. The molecule has 29 heavy (non-hydrogen) atoms. The molecule has 1 saturated heterocycles. The Bertz CT molecular complexity index is 1120. The maximum atomic E-state index is 12.6. The van der Waals surface area contributed by atoms with E-state index in [-0.39, 0.29) is 30.3 Å². The number of aromatic nitrogens is 2. The molecule has 3 heterocycles. The minimum absolute atomic E-state index is 0.113. The van der Waals surface area contributed by atoms with Gasteiger partial charge in [-0.05, 0) is 43.2 Å². The lowest BCUT2D eigenvalue weighted by atomic mass is 10.2. The highest BCUT2D eigenvalue weighted by Gasteiger charge is 2.21. The van der Waals surface area contributed by atoms with E-state index < -0.39 is 0 Å². The molecule has 0 bridgehead atoms. The van der Waals surface area contributed by atoms with Gasteiger partial charge < -0.3 is 10.2 Å². The van der Waals surface area contributed by atoms with Crippen LogP contribution in [0.25, 0.3) is 10.2 Å². The normalized spacial score (nSPS) is 14.0. The second kappa shape index (κ2) is 8.16. The molecule has 8 heteroatoms. The molecule has 0 radical (unpaired) electrons. The lowest BCUT2D eigenvalue weighted by Gasteiger charge is -2.16. The van der Waals surface area contributed by atoms with Crippen molar-refractivity contribution >= 4 is 44.7 Å². The van der Waals surface area contributed by atoms with Crippen LogP contribution in [0, 0.1) is 0 Å². The predicted molar refractivity (Wildman–Crippen MR) is 115 cm³/mol. The number of carbonyl (C=O) groups excluding carboxylic acids is 2. The van der Waals surface area contributed by atoms with Crippen LogP contribution in [0.15, 0.2) is 41.5 Å². The maximum Gasteiger partial charge on any atom is 0.262 e. The van der Waals surface area contributed by atoms with Gasteiger partial charge in [0.2, 0.25) is 11.8 Å². The first-order chi connectivity index (χ1) is 14.0. The molecule has 0 spiro atoms. The molecule has 0 aliphatic carbocycles. The van der Waals surface area contributed by atoms with Crippen LogP contribution in [-0.2, 0) is 22.6 Å². The first-order valence-corrected chi connectivity index (χ1v) is 10.5. The number of carbonyl (C=O) groups is 2. The summed E-state index contributed by atoms with van der Waals surface area (Å²) in [7, 11) is 0. The number of benzene rings is 1. The number of fused-ring (bicyclic) bond motifs is 1. The minimum Gasteiger partial charge on any atom is -0.326 e. The van der Waals surface area contributed by atoms with E-state index in [1.807, 2.05) is 25.1 Å². The number of anilines is 2. The average molecular weight is 410 g/mol. The zero-order valence-corrected chi connectivity index (χ0v) is 17.0. The van der Waals surface area contributed by atoms with Gasteiger partial charge in [0, 0.05) is 42.2 Å². The fraction of sp³-hybridized carbons (Fsp3) is 0.333. The number of rotatable bonds is 6. The van der Waals surface area contributed by atoms with E-state index in [4.69, 9.17) is 0 Å². The van der Waals surface area contributed by atoms with Crippen LogP contribution in [0.2, 0.25) is 0 Å². The van der Waals surface area contributed by atoms with E-state index in [1.54, 1.807) is 17.0 Å². The van der Waals surface area contributed by atoms with Crippen LogP contribution >= 0.6 is 11.3 Å². The summed E-state index contributed by atoms with van der Waals surface area (Å²) in [6.07, 6.45) is 4.01. The van der Waals surface area contributed by atoms with Crippen molar-refractivity contribution < 1.29 is 9.59 Å². The molecule has 2 aromatic heterocycles. The molecular formula is C21H22N4O3S. The molecule has 7 nitrogen and oxygen atoms in total. The van der Waals surface area contributed by atoms with Gasteiger partial charge in [-0.15, -0.1) is 11.3 Å². The summed E-state index contributed by atoms with van der Waals surface area (Å²) in [5.74, 6) is -0.0453. The zero-order valence-electron chi connectivity index (χ0n) is 16.2. The lowest BCUT2D eigenvalue weighted by Crippen LogP contribution is -2.24. The molecule has 0 saturated carbocycles. The molecule has 3 aromatic rings. The molecule has 1 fully saturated rings. The van der Waals surface area contributed by atoms with Gasteiger partial charge in [-0.2, -0.15) is 0 Å². The van der Waals surface area contributed by atoms with Gasteiger partial charge in [0.15, 0.2) is 0 Å². The number of nitrogens with zero attached hydrogens (tertiary/aromatic N) is 3. The van der Waals surface area contributed by atoms with Crippen LogP contribution in [0.1, 0.15) is 31.1 Å². The molecule has 1 N–H and O–H groups in total. The highest BCUT2D eigenvalue weighted by atomic mass is 32.1. The number of hydrogen-bond acceptors (Lipinski definition) is 5. The van der Waals surface area contributed by atoms with E-state index in [2.05, 4.69) is 10.3 Å². The Labute approximate surface area is 172 Å². The number of amides is 2. The van der Waals surface area contributed by atoms with E-state index in [0.717, 1.165) is 34.8 Å². The Morgan fingerprint density at radius 3 is 2.72 bits per heavy atom. The molecule has 1 aliphatic heterocycles. The van der Waals surface area contributed by atoms with E-state index in [1.165, 1.54) is 22.2 Å². The summed E-state index contributed by atoms with van der Waals surface area (Å²) < 4.78 is 1.48. The Morgan fingerprint density at radius 2 is 2.03 bits per heavy atom. The van der Waals surface area contributed by atoms with Crippen molar-refractivity contribution in [1.29, 1.82) is 0 Å². The van der Waals surface area contributed by atoms with Crippen molar-refractivity contribution in [2.45, 2.75) is 39.2 Å². The predicted octanol–water partition coefficient (Wildman–Crippen LogP) is 3.18. The molecule has 2 amide bonds. The summed E-state index contributed by atoms with van der Waals surface area (Å²) in [6.45, 7) is 3.05. The molecule has 150 valence electrons. The third kappa shape index (κ3) is 4.07. The standard InChI is InChI=1S/C21H22N4O3S/c1-2-16-12-17-20(29-16)22-13-24(21(17)28)11-9-18(26)23-14-5-7-15(8-6-14)25-10-3-4-19(25)27/h5-8,12-13H,2-4,9-11H2,1H3,(H,23,26). The van der Waals surface area contributed by atoms with E-state index in [9.17, 15) is 14.4 Å². The van der Waals surface area contributed by atoms with Gasteiger partial charge in [-0.25, -0.2) is 4.98 Å². The SMILES string of the molecule is CCc1cc2c(=O)n(CCC(=O)Nc3ccc(N4CCCC4=O)cc3)cnc2s1. The smallest absolute Gasteiger partial charge is 0.262 e. The summed E-state index contributed by atoms with van der Waals surface area (Å²) in [4.78, 5) is 44.7. The van der Waals surface area contributed by atoms with Crippen molar-refractivity contribution in [3.63, 3.8) is 0 Å². The molecule has 0 atom stereocenters. The van der Waals surface area contributed by atoms with Crippen LogP contribution in [0.4, 0.5) is 11.4 Å². The second-order valence-electron chi connectivity index (χ2n) is 7.02. The summed E-state index contributed by atoms with van der Waals surface area (Å²) >= 11 is 1.53. The third-order valence-electron chi connectivity index (χ3n) is 5.03. The first kappa shape index (κ1) is 19.3. The van der Waals surface area contributed by atoms with Crippen LogP contribution in [-0.4, -0.2) is 27.9 Å². The lowest BCUT2D eigenvalue weighted by molar-refractivity contribution is -0.117. The monoisotopic (exact) mass is 410 g/mol. The molecule has 1 aromatic carbocycles. The highest BCUT2D eigenvalue weighted by molar-refractivity contribution is 7.18. The number of thiophene rings is 1. The van der Waals surface area contributed by atoms with Gasteiger partial charge in [-0.3, -0.25) is 19.0 Å². The fourth-order valence-electron chi connectivity index (χ4n) is 3.43. The Kier molecular flexibility index (Phi) is 5.44. The topological polar surface area (TPSA) is 84.3 Å². The van der Waals surface area contributed by atoms with Gasteiger partial charge >= 0.3 is 0 Å². The number of nitrogens with one attached hydrogen (secondary N) is 1. The summed E-state index contributed by atoms with van der Waals surface area (Å²) in [5.41, 5.74) is 1.40. The summed E-state index contributed by atoms with van der Waals surface area (Å²) in [6, 6.07) is 9.14. The van der Waals surface area contributed by atoms with Gasteiger partial charge in [0.1, 0.15) is 4.83 Å². The quantitative estimate of drug-likeness (QED) is 0.676. The van der Waals surface area contributed by atoms with Crippen molar-refractivity contribution in [3.8, 4) is 0 Å². The average Bonchev–Trinajstić information content (AvgIpc) is 3.34. The highest BCUT2D eigenvalue weighted by Crippen LogP contribution is 2.23. The van der Waals surface area contributed by atoms with Crippen molar-refractivity contribution in [2.24, 2.45) is 0 Å². The van der Waals surface area contributed by atoms with Crippen molar-refractivity contribution in [1.82, 2.24) is 9.55 Å². The number of hydrogen-bond donors (Lipinski definition) is 1. The molecule has 0 unspecified atom stereocenters. The van der Waals surface area contributed by atoms with Crippen LogP contribution in [0.5, 0.6) is 0 Å². The maximum absolute atomic E-state index is 12.6. The third-order valence-corrected chi connectivity index (χ3v) is 6.22. The van der Waals surface area contributed by atoms with E-state index in [0.29, 0.717) is 17.5 Å². The van der Waals surface area contributed by atoms with Crippen LogP contribution in [0.3, 0.4) is 0 Å². The van der Waals surface area contributed by atoms with Gasteiger partial charge in [-0.1, -0.05) is 6.92 Å². The largest absolute Gasteiger partial charge is 0.326 e. The van der Waals surface area contributed by atoms with E-state index >= 15 is 0 Å². The van der Waals surface area contributed by atoms with Crippen molar-refractivity contribution in [2.75, 3.05) is 16.8 Å². The minimum atomic E-state index is -0.179. The Balaban J connectivity index is 1.37. The number of aryl methyl sites for hydroxylation is 2.